The molecule has 0 saturated carbocycles. The molecule has 0 unspecified atom stereocenters. The first kappa shape index (κ1) is 13.4. The number of anilines is 1. The highest BCUT2D eigenvalue weighted by Crippen LogP contribution is 2.15. The lowest BCUT2D eigenvalue weighted by Gasteiger charge is -2.05. The molecule has 0 radical (unpaired) electrons. The van der Waals surface area contributed by atoms with E-state index in [2.05, 4.69) is 10.3 Å². The molecular weight excluding hydrogens is 294 g/mol. The van der Waals surface area contributed by atoms with Gasteiger partial charge in [0.25, 0.3) is 0 Å². The topological polar surface area (TPSA) is 77.1 Å². The Morgan fingerprint density at radius 2 is 2.19 bits per heavy atom. The highest BCUT2D eigenvalue weighted by molar-refractivity contribution is 6.30. The van der Waals surface area contributed by atoms with Crippen LogP contribution in [0.15, 0.2) is 51.8 Å². The van der Waals surface area contributed by atoms with E-state index >= 15 is 0 Å². The van der Waals surface area contributed by atoms with Gasteiger partial charge in [0.1, 0.15) is 6.54 Å². The molecule has 0 saturated heterocycles. The third-order valence-corrected chi connectivity index (χ3v) is 3.07. The lowest BCUT2D eigenvalue weighted by Crippen LogP contribution is -2.25. The van der Waals surface area contributed by atoms with Crippen LogP contribution in [0.25, 0.3) is 11.2 Å². The van der Waals surface area contributed by atoms with E-state index in [0.29, 0.717) is 21.9 Å². The third kappa shape index (κ3) is 2.80. The van der Waals surface area contributed by atoms with Crippen LogP contribution in [0.4, 0.5) is 5.69 Å². The van der Waals surface area contributed by atoms with Crippen molar-refractivity contribution in [2.45, 2.75) is 6.54 Å². The Hall–Kier alpha value is -2.60. The number of rotatable bonds is 3. The molecule has 106 valence electrons. The molecule has 6 nitrogen and oxygen atoms in total. The first-order chi connectivity index (χ1) is 10.1. The van der Waals surface area contributed by atoms with Crippen LogP contribution in [0.2, 0.25) is 5.02 Å². The van der Waals surface area contributed by atoms with Gasteiger partial charge in [-0.2, -0.15) is 0 Å². The Bertz CT molecular complexity index is 869. The van der Waals surface area contributed by atoms with Gasteiger partial charge in [-0.3, -0.25) is 4.79 Å². The van der Waals surface area contributed by atoms with Crippen molar-refractivity contribution in [2.24, 2.45) is 0 Å². The number of nitrogens with zero attached hydrogens (tertiary/aromatic N) is 2. The van der Waals surface area contributed by atoms with Crippen LogP contribution < -0.4 is 11.1 Å². The fourth-order valence-electron chi connectivity index (χ4n) is 1.95. The minimum atomic E-state index is -0.620. The zero-order valence-electron chi connectivity index (χ0n) is 10.7. The predicted molar refractivity (Wildman–Crippen MR) is 78.4 cm³/mol. The van der Waals surface area contributed by atoms with Crippen molar-refractivity contribution in [3.8, 4) is 0 Å². The van der Waals surface area contributed by atoms with Gasteiger partial charge in [-0.15, -0.1) is 0 Å². The minimum Gasteiger partial charge on any atom is -0.406 e. The Labute approximate surface area is 124 Å². The van der Waals surface area contributed by atoms with E-state index in [4.69, 9.17) is 16.0 Å². The first-order valence-corrected chi connectivity index (χ1v) is 6.51. The molecule has 1 amide bonds. The van der Waals surface area contributed by atoms with Crippen molar-refractivity contribution in [3.05, 3.63) is 58.2 Å². The SMILES string of the molecule is O=C(Cn1c(=O)oc2cccnc21)Nc1cccc(Cl)c1. The minimum absolute atomic E-state index is 0.185. The van der Waals surface area contributed by atoms with Crippen molar-refractivity contribution in [1.29, 1.82) is 0 Å². The molecule has 0 atom stereocenters. The summed E-state index contributed by atoms with van der Waals surface area (Å²) < 4.78 is 6.19. The summed E-state index contributed by atoms with van der Waals surface area (Å²) in [7, 11) is 0. The quantitative estimate of drug-likeness (QED) is 0.805. The number of fused-ring (bicyclic) bond motifs is 1. The van der Waals surface area contributed by atoms with Gasteiger partial charge in [0, 0.05) is 16.9 Å². The number of amides is 1. The highest BCUT2D eigenvalue weighted by atomic mass is 35.5. The van der Waals surface area contributed by atoms with Crippen LogP contribution in [0, 0.1) is 0 Å². The molecule has 21 heavy (non-hydrogen) atoms. The van der Waals surface area contributed by atoms with Gasteiger partial charge in [-0.05, 0) is 30.3 Å². The Kier molecular flexibility index (Phi) is 3.45. The fraction of sp³-hybridized carbons (Fsp3) is 0.0714. The second-order valence-corrected chi connectivity index (χ2v) is 4.77. The average Bonchev–Trinajstić information content (AvgIpc) is 2.75. The van der Waals surface area contributed by atoms with Crippen molar-refractivity contribution in [2.75, 3.05) is 5.32 Å². The van der Waals surface area contributed by atoms with Gasteiger partial charge in [-0.1, -0.05) is 17.7 Å². The molecule has 1 aromatic carbocycles. The largest absolute Gasteiger partial charge is 0.421 e. The molecular formula is C14H10ClN3O3. The summed E-state index contributed by atoms with van der Waals surface area (Å²) in [6, 6.07) is 10.0. The number of carbonyl (C=O) groups excluding carboxylic acids is 1. The molecule has 1 N–H and O–H groups in total. The number of hydrogen-bond acceptors (Lipinski definition) is 4. The van der Waals surface area contributed by atoms with Crippen molar-refractivity contribution in [3.63, 3.8) is 0 Å². The number of carbonyl (C=O) groups is 1. The summed E-state index contributed by atoms with van der Waals surface area (Å²) in [5, 5.41) is 3.17. The molecule has 0 aliphatic rings. The summed E-state index contributed by atoms with van der Waals surface area (Å²) in [6.45, 7) is -0.185. The highest BCUT2D eigenvalue weighted by Gasteiger charge is 2.13. The van der Waals surface area contributed by atoms with E-state index in [0.717, 1.165) is 0 Å². The van der Waals surface area contributed by atoms with Crippen LogP contribution in [0.5, 0.6) is 0 Å². The monoisotopic (exact) mass is 303 g/mol. The molecule has 0 bridgehead atoms. The number of pyridine rings is 1. The van der Waals surface area contributed by atoms with E-state index in [1.807, 2.05) is 0 Å². The van der Waals surface area contributed by atoms with Gasteiger partial charge in [0.05, 0.1) is 0 Å². The average molecular weight is 304 g/mol. The molecule has 0 spiro atoms. The van der Waals surface area contributed by atoms with Crippen LogP contribution in [-0.4, -0.2) is 15.5 Å². The smallest absolute Gasteiger partial charge is 0.406 e. The molecule has 3 rings (SSSR count). The predicted octanol–water partition coefficient (Wildman–Crippen LogP) is 2.28. The lowest BCUT2D eigenvalue weighted by molar-refractivity contribution is -0.116. The second-order valence-electron chi connectivity index (χ2n) is 4.34. The summed E-state index contributed by atoms with van der Waals surface area (Å²) in [6.07, 6.45) is 1.53. The van der Waals surface area contributed by atoms with Crippen LogP contribution in [0.3, 0.4) is 0 Å². The number of hydrogen-bond donors (Lipinski definition) is 1. The zero-order chi connectivity index (χ0) is 14.8. The maximum absolute atomic E-state index is 12.0. The maximum atomic E-state index is 12.0. The van der Waals surface area contributed by atoms with E-state index < -0.39 is 5.76 Å². The number of nitrogens with one attached hydrogen (secondary N) is 1. The second kappa shape index (κ2) is 5.41. The summed E-state index contributed by atoms with van der Waals surface area (Å²) in [5.41, 5.74) is 1.24. The Morgan fingerprint density at radius 3 is 3.00 bits per heavy atom. The van der Waals surface area contributed by atoms with Gasteiger partial charge in [0.15, 0.2) is 11.2 Å². The normalized spacial score (nSPS) is 10.7. The molecule has 0 fully saturated rings. The first-order valence-electron chi connectivity index (χ1n) is 6.13. The fourth-order valence-corrected chi connectivity index (χ4v) is 2.14. The van der Waals surface area contributed by atoms with Gasteiger partial charge >= 0.3 is 5.76 Å². The Morgan fingerprint density at radius 1 is 1.33 bits per heavy atom. The number of halogens is 1. The molecule has 2 heterocycles. The van der Waals surface area contributed by atoms with Crippen LogP contribution in [0.1, 0.15) is 0 Å². The van der Waals surface area contributed by atoms with Crippen LogP contribution >= 0.6 is 11.6 Å². The van der Waals surface area contributed by atoms with E-state index in [1.165, 1.54) is 10.8 Å². The molecule has 0 aliphatic heterocycles. The summed E-state index contributed by atoms with van der Waals surface area (Å²) in [4.78, 5) is 27.8. The number of aromatic nitrogens is 2. The van der Waals surface area contributed by atoms with E-state index in [-0.39, 0.29) is 12.5 Å². The van der Waals surface area contributed by atoms with Crippen molar-refractivity contribution in [1.82, 2.24) is 9.55 Å². The maximum Gasteiger partial charge on any atom is 0.421 e. The van der Waals surface area contributed by atoms with E-state index in [9.17, 15) is 9.59 Å². The van der Waals surface area contributed by atoms with Crippen molar-refractivity contribution >= 4 is 34.4 Å². The standard InChI is InChI=1S/C14H10ClN3O3/c15-9-3-1-4-10(7-9)17-12(19)8-18-13-11(21-14(18)20)5-2-6-16-13/h1-7H,8H2,(H,17,19). The number of benzene rings is 1. The zero-order valence-corrected chi connectivity index (χ0v) is 11.5. The summed E-state index contributed by atoms with van der Waals surface area (Å²) in [5.74, 6) is -0.988. The molecule has 7 heteroatoms. The van der Waals surface area contributed by atoms with Gasteiger partial charge in [0.2, 0.25) is 5.91 Å². The van der Waals surface area contributed by atoms with E-state index in [1.54, 1.807) is 36.4 Å². The number of oxazole rings is 1. The van der Waals surface area contributed by atoms with Gasteiger partial charge in [-0.25, -0.2) is 14.3 Å². The lowest BCUT2D eigenvalue weighted by atomic mass is 10.3. The Balaban J connectivity index is 1.84. The molecule has 0 aliphatic carbocycles. The molecule has 2 aromatic heterocycles. The third-order valence-electron chi connectivity index (χ3n) is 2.83. The van der Waals surface area contributed by atoms with Crippen molar-refractivity contribution < 1.29 is 9.21 Å². The molecule has 3 aromatic rings. The summed E-state index contributed by atoms with van der Waals surface area (Å²) >= 11 is 5.84. The van der Waals surface area contributed by atoms with Crippen LogP contribution in [-0.2, 0) is 11.3 Å². The van der Waals surface area contributed by atoms with Gasteiger partial charge < -0.3 is 9.73 Å².